The average molecular weight is 188 g/mol. The molecule has 0 rings (SSSR count). The number of hydrogen-bond donors (Lipinski definition) is 1. The summed E-state index contributed by atoms with van der Waals surface area (Å²) < 4.78 is 43.8. The van der Waals surface area contributed by atoms with Crippen LogP contribution in [0.4, 0.5) is 13.2 Å². The number of aliphatic hydroxyl groups is 1. The molecule has 6 heteroatoms. The van der Waals surface area contributed by atoms with E-state index in [-0.39, 0.29) is 13.2 Å². The van der Waals surface area contributed by atoms with Gasteiger partial charge in [-0.25, -0.2) is 0 Å². The van der Waals surface area contributed by atoms with E-state index in [0.717, 1.165) is 0 Å². The van der Waals surface area contributed by atoms with Crippen LogP contribution in [0.2, 0.25) is 0 Å². The van der Waals surface area contributed by atoms with Crippen molar-refractivity contribution in [3.8, 4) is 0 Å². The van der Waals surface area contributed by atoms with Gasteiger partial charge in [0.15, 0.2) is 6.10 Å². The summed E-state index contributed by atoms with van der Waals surface area (Å²) in [6.07, 6.45) is -7.01. The Kier molecular flexibility index (Phi) is 5.19. The second kappa shape index (κ2) is 5.34. The molecule has 0 amide bonds. The van der Waals surface area contributed by atoms with Gasteiger partial charge in [-0.3, -0.25) is 0 Å². The number of alkyl halides is 3. The third kappa shape index (κ3) is 5.34. The van der Waals surface area contributed by atoms with Crippen molar-refractivity contribution in [3.63, 3.8) is 0 Å². The Bertz CT molecular complexity index is 115. The number of hydrogen-bond acceptors (Lipinski definition) is 3. The second-order valence-electron chi connectivity index (χ2n) is 2.13. The predicted octanol–water partition coefficient (Wildman–Crippen LogP) is 0.573. The van der Waals surface area contributed by atoms with Crippen molar-refractivity contribution in [2.24, 2.45) is 0 Å². The predicted molar refractivity (Wildman–Crippen MR) is 34.8 cm³/mol. The molecule has 0 aromatic heterocycles. The SMILES string of the molecule is COCCOC[C@@H](O)C(F)(F)F. The van der Waals surface area contributed by atoms with Crippen molar-refractivity contribution in [1.82, 2.24) is 0 Å². The molecule has 12 heavy (non-hydrogen) atoms. The zero-order valence-electron chi connectivity index (χ0n) is 6.60. The molecule has 0 heterocycles. The summed E-state index contributed by atoms with van der Waals surface area (Å²) in [6.45, 7) is -0.485. The highest BCUT2D eigenvalue weighted by molar-refractivity contribution is 4.63. The number of rotatable bonds is 5. The largest absolute Gasteiger partial charge is 0.416 e. The average Bonchev–Trinajstić information content (AvgIpc) is 1.96. The zero-order chi connectivity index (χ0) is 9.61. The van der Waals surface area contributed by atoms with Crippen molar-refractivity contribution in [1.29, 1.82) is 0 Å². The van der Waals surface area contributed by atoms with Crippen molar-refractivity contribution >= 4 is 0 Å². The molecule has 1 N–H and O–H groups in total. The van der Waals surface area contributed by atoms with Crippen molar-refractivity contribution in [2.75, 3.05) is 26.9 Å². The van der Waals surface area contributed by atoms with Crippen molar-refractivity contribution < 1.29 is 27.8 Å². The van der Waals surface area contributed by atoms with E-state index in [1.165, 1.54) is 7.11 Å². The van der Waals surface area contributed by atoms with Gasteiger partial charge in [-0.05, 0) is 0 Å². The van der Waals surface area contributed by atoms with Gasteiger partial charge in [-0.2, -0.15) is 13.2 Å². The molecule has 3 nitrogen and oxygen atoms in total. The first kappa shape index (κ1) is 11.7. The van der Waals surface area contributed by atoms with Gasteiger partial charge >= 0.3 is 6.18 Å². The molecule has 0 aliphatic heterocycles. The number of aliphatic hydroxyl groups excluding tert-OH is 1. The standard InChI is InChI=1S/C6H11F3O3/c1-11-2-3-12-4-5(10)6(7,8)9/h5,10H,2-4H2,1H3/t5-/m1/s1. The monoisotopic (exact) mass is 188 g/mol. The lowest BCUT2D eigenvalue weighted by Gasteiger charge is -2.13. The molecule has 74 valence electrons. The Hall–Kier alpha value is -0.330. The molecule has 0 aromatic carbocycles. The molecule has 0 radical (unpaired) electrons. The fraction of sp³-hybridized carbons (Fsp3) is 1.00. The van der Waals surface area contributed by atoms with Gasteiger partial charge in [0.2, 0.25) is 0 Å². The molecule has 0 saturated heterocycles. The summed E-state index contributed by atoms with van der Waals surface area (Å²) in [6, 6.07) is 0. The third-order valence-electron chi connectivity index (χ3n) is 1.09. The zero-order valence-corrected chi connectivity index (χ0v) is 6.60. The first-order valence-corrected chi connectivity index (χ1v) is 3.30. The molecule has 0 fully saturated rings. The summed E-state index contributed by atoms with van der Waals surface area (Å²) in [7, 11) is 1.41. The van der Waals surface area contributed by atoms with E-state index in [1.807, 2.05) is 0 Å². The summed E-state index contributed by atoms with van der Waals surface area (Å²) in [5.74, 6) is 0. The normalized spacial score (nSPS) is 14.8. The second-order valence-corrected chi connectivity index (χ2v) is 2.13. The van der Waals surface area contributed by atoms with Gasteiger partial charge in [0.25, 0.3) is 0 Å². The Balaban J connectivity index is 3.38. The Morgan fingerprint density at radius 2 is 1.92 bits per heavy atom. The van der Waals surface area contributed by atoms with Gasteiger partial charge in [0, 0.05) is 7.11 Å². The van der Waals surface area contributed by atoms with E-state index < -0.39 is 18.9 Å². The van der Waals surface area contributed by atoms with E-state index in [2.05, 4.69) is 9.47 Å². The van der Waals surface area contributed by atoms with Gasteiger partial charge in [-0.1, -0.05) is 0 Å². The minimum absolute atomic E-state index is 0.0453. The number of methoxy groups -OCH3 is 1. The highest BCUT2D eigenvalue weighted by Gasteiger charge is 2.38. The minimum atomic E-state index is -4.60. The lowest BCUT2D eigenvalue weighted by molar-refractivity contribution is -0.217. The van der Waals surface area contributed by atoms with Crippen LogP contribution in [-0.4, -0.2) is 44.3 Å². The maximum Gasteiger partial charge on any atom is 0.416 e. The quantitative estimate of drug-likeness (QED) is 0.641. The van der Waals surface area contributed by atoms with Crippen LogP contribution >= 0.6 is 0 Å². The molecule has 0 aliphatic rings. The van der Waals surface area contributed by atoms with E-state index >= 15 is 0 Å². The van der Waals surface area contributed by atoms with Crippen LogP contribution in [0.5, 0.6) is 0 Å². The van der Waals surface area contributed by atoms with Crippen LogP contribution in [0.15, 0.2) is 0 Å². The Morgan fingerprint density at radius 3 is 2.33 bits per heavy atom. The van der Waals surface area contributed by atoms with Crippen molar-refractivity contribution in [3.05, 3.63) is 0 Å². The molecule has 0 unspecified atom stereocenters. The molecule has 0 spiro atoms. The highest BCUT2D eigenvalue weighted by atomic mass is 19.4. The van der Waals surface area contributed by atoms with Gasteiger partial charge in [-0.15, -0.1) is 0 Å². The van der Waals surface area contributed by atoms with Crippen LogP contribution in [0.25, 0.3) is 0 Å². The highest BCUT2D eigenvalue weighted by Crippen LogP contribution is 2.19. The Labute approximate surface area is 68.1 Å². The lowest BCUT2D eigenvalue weighted by Crippen LogP contribution is -2.33. The molecular weight excluding hydrogens is 177 g/mol. The van der Waals surface area contributed by atoms with Crippen LogP contribution < -0.4 is 0 Å². The summed E-state index contributed by atoms with van der Waals surface area (Å²) in [5.41, 5.74) is 0. The minimum Gasteiger partial charge on any atom is -0.382 e. The lowest BCUT2D eigenvalue weighted by atomic mass is 10.4. The van der Waals surface area contributed by atoms with E-state index in [4.69, 9.17) is 5.11 Å². The number of halogens is 3. The molecule has 1 atom stereocenters. The first-order chi connectivity index (χ1) is 5.48. The molecule has 0 bridgehead atoms. The summed E-state index contributed by atoms with van der Waals surface area (Å²) in [4.78, 5) is 0. The van der Waals surface area contributed by atoms with Gasteiger partial charge < -0.3 is 14.6 Å². The smallest absolute Gasteiger partial charge is 0.382 e. The molecule has 0 aromatic rings. The number of ether oxygens (including phenoxy) is 2. The first-order valence-electron chi connectivity index (χ1n) is 3.30. The molecule has 0 aliphatic carbocycles. The van der Waals surface area contributed by atoms with Crippen LogP contribution in [0, 0.1) is 0 Å². The van der Waals surface area contributed by atoms with E-state index in [9.17, 15) is 13.2 Å². The fourth-order valence-corrected chi connectivity index (χ4v) is 0.432. The molecule has 0 saturated carbocycles. The maximum absolute atomic E-state index is 11.6. The van der Waals surface area contributed by atoms with Crippen LogP contribution in [0.3, 0.4) is 0 Å². The van der Waals surface area contributed by atoms with Crippen molar-refractivity contribution in [2.45, 2.75) is 12.3 Å². The summed E-state index contributed by atoms with van der Waals surface area (Å²) >= 11 is 0. The van der Waals surface area contributed by atoms with Gasteiger partial charge in [0.05, 0.1) is 19.8 Å². The van der Waals surface area contributed by atoms with Crippen LogP contribution in [0.1, 0.15) is 0 Å². The van der Waals surface area contributed by atoms with Gasteiger partial charge in [0.1, 0.15) is 0 Å². The fourth-order valence-electron chi connectivity index (χ4n) is 0.432. The van der Waals surface area contributed by atoms with E-state index in [1.54, 1.807) is 0 Å². The Morgan fingerprint density at radius 1 is 1.33 bits per heavy atom. The molecular formula is C6H11F3O3. The summed E-state index contributed by atoms with van der Waals surface area (Å²) in [5, 5.41) is 8.39. The van der Waals surface area contributed by atoms with Crippen LogP contribution in [-0.2, 0) is 9.47 Å². The topological polar surface area (TPSA) is 38.7 Å². The van der Waals surface area contributed by atoms with E-state index in [0.29, 0.717) is 0 Å². The third-order valence-corrected chi connectivity index (χ3v) is 1.09. The maximum atomic E-state index is 11.6.